The van der Waals surface area contributed by atoms with Crippen molar-refractivity contribution in [2.45, 2.75) is 119 Å². The summed E-state index contributed by atoms with van der Waals surface area (Å²) in [6, 6.07) is 0.101. The van der Waals surface area contributed by atoms with Gasteiger partial charge >= 0.3 is 11.9 Å². The van der Waals surface area contributed by atoms with E-state index in [1.807, 2.05) is 13.0 Å². The average Bonchev–Trinajstić information content (AvgIpc) is 2.97. The second-order valence-corrected chi connectivity index (χ2v) is 17.3. The summed E-state index contributed by atoms with van der Waals surface area (Å²) >= 11 is 0. The number of nitrogens with two attached hydrogens (primary N) is 1. The van der Waals surface area contributed by atoms with Crippen molar-refractivity contribution in [1.29, 1.82) is 0 Å². The van der Waals surface area contributed by atoms with Gasteiger partial charge in [-0.05, 0) is 99.1 Å². The molecule has 9 heteroatoms. The maximum atomic E-state index is 14.8. The molecule has 2 unspecified atom stereocenters. The second kappa shape index (κ2) is 12.8. The lowest BCUT2D eigenvalue weighted by Gasteiger charge is -2.70. The Labute approximate surface area is 282 Å². The molecule has 47 heavy (non-hydrogen) atoms. The molecule has 5 aliphatic rings. The molecule has 9 nitrogen and oxygen atoms in total. The molecule has 0 spiro atoms. The Kier molecular flexibility index (Phi) is 9.95. The van der Waals surface area contributed by atoms with E-state index in [4.69, 9.17) is 19.9 Å². The summed E-state index contributed by atoms with van der Waals surface area (Å²) in [7, 11) is 0. The SMILES string of the molecule is CC(=O)O[C@@H]1C[C@@]23COC[C@@](C)(C2CC[C@H]2C3=CC(=O)[C@@]3(C)[C@H](C(=O)O)[C@@](C)([C@H](C)C(C)C)CC[C@]23C)[C@H]1OCC(C)NCCCN. The predicted molar refractivity (Wildman–Crippen MR) is 180 cm³/mol. The quantitative estimate of drug-likeness (QED) is 0.197. The minimum absolute atomic E-state index is 0.0374. The lowest BCUT2D eigenvalue weighted by Crippen LogP contribution is -2.71. The molecule has 12 atom stereocenters. The Morgan fingerprint density at radius 2 is 1.81 bits per heavy atom. The van der Waals surface area contributed by atoms with E-state index in [2.05, 4.69) is 53.8 Å². The van der Waals surface area contributed by atoms with Gasteiger partial charge in [-0.15, -0.1) is 0 Å². The molecule has 1 saturated heterocycles. The zero-order valence-corrected chi connectivity index (χ0v) is 30.4. The van der Waals surface area contributed by atoms with E-state index in [0.717, 1.165) is 44.2 Å². The number of aliphatic carboxylic acids is 1. The molecule has 4 fully saturated rings. The van der Waals surface area contributed by atoms with Gasteiger partial charge in [0.1, 0.15) is 12.2 Å². The van der Waals surface area contributed by atoms with Gasteiger partial charge in [0.25, 0.3) is 0 Å². The number of hydrogen-bond acceptors (Lipinski definition) is 8. The second-order valence-electron chi connectivity index (χ2n) is 17.3. The smallest absolute Gasteiger partial charge is 0.308 e. The van der Waals surface area contributed by atoms with Crippen molar-refractivity contribution in [3.05, 3.63) is 11.6 Å². The van der Waals surface area contributed by atoms with Crippen LogP contribution in [0.4, 0.5) is 0 Å². The summed E-state index contributed by atoms with van der Waals surface area (Å²) in [5, 5.41) is 14.4. The minimum Gasteiger partial charge on any atom is -0.481 e. The third-order valence-corrected chi connectivity index (χ3v) is 14.7. The molecule has 5 rings (SSSR count). The predicted octanol–water partition coefficient (Wildman–Crippen LogP) is 5.40. The van der Waals surface area contributed by atoms with Crippen molar-refractivity contribution >= 4 is 17.7 Å². The first kappa shape index (κ1) is 36.5. The topological polar surface area (TPSA) is 137 Å². The van der Waals surface area contributed by atoms with Crippen LogP contribution in [0.5, 0.6) is 0 Å². The third kappa shape index (κ3) is 5.45. The fourth-order valence-corrected chi connectivity index (χ4v) is 11.7. The van der Waals surface area contributed by atoms with Crippen molar-refractivity contribution in [3.63, 3.8) is 0 Å². The molecule has 3 saturated carbocycles. The van der Waals surface area contributed by atoms with Crippen LogP contribution in [-0.2, 0) is 28.6 Å². The lowest BCUT2D eigenvalue weighted by molar-refractivity contribution is -0.266. The van der Waals surface area contributed by atoms with E-state index in [0.29, 0.717) is 38.7 Å². The van der Waals surface area contributed by atoms with Crippen LogP contribution in [0.2, 0.25) is 0 Å². The Morgan fingerprint density at radius 3 is 2.43 bits per heavy atom. The first-order valence-corrected chi connectivity index (χ1v) is 18.2. The van der Waals surface area contributed by atoms with Crippen LogP contribution in [0, 0.1) is 56.7 Å². The number of rotatable bonds is 11. The number of nitrogens with one attached hydrogen (secondary N) is 1. The standard InChI is InChI=1S/C38H62N2O7/c1-22(2)24(4)34(6)13-14-36(8)26-11-12-29-35(7)20-45-21-38(29,27(26)17-30(42)37(36,9)31(34)33(43)44)18-28(47-25(5)41)32(35)46-19-23(3)40-16-10-15-39/h17,22-24,26,28-29,31-32,40H,10-16,18-21,39H2,1-9H3,(H,43,44)/t23?,24-,26+,28-,29?,31-,32+,34-,35+,36-,37+,38+/m1/s1. The number of carboxylic acid groups (broad SMARTS) is 1. The van der Waals surface area contributed by atoms with Gasteiger partial charge < -0.3 is 30.4 Å². The molecule has 0 amide bonds. The van der Waals surface area contributed by atoms with Gasteiger partial charge in [-0.3, -0.25) is 14.4 Å². The number of ether oxygens (including phenoxy) is 3. The molecule has 1 heterocycles. The summed E-state index contributed by atoms with van der Waals surface area (Å²) in [5.74, 6) is -1.41. The van der Waals surface area contributed by atoms with Crippen LogP contribution in [0.15, 0.2) is 11.6 Å². The zero-order valence-electron chi connectivity index (χ0n) is 30.4. The Hall–Kier alpha value is -1.81. The van der Waals surface area contributed by atoms with Gasteiger partial charge in [-0.2, -0.15) is 0 Å². The van der Waals surface area contributed by atoms with E-state index >= 15 is 0 Å². The molecule has 0 aromatic heterocycles. The summed E-state index contributed by atoms with van der Waals surface area (Å²) in [4.78, 5) is 40.7. The summed E-state index contributed by atoms with van der Waals surface area (Å²) in [5.41, 5.74) is 3.76. The molecular weight excluding hydrogens is 596 g/mol. The first-order valence-electron chi connectivity index (χ1n) is 18.2. The number of carboxylic acids is 1. The van der Waals surface area contributed by atoms with Gasteiger partial charge in [0, 0.05) is 29.2 Å². The van der Waals surface area contributed by atoms with Gasteiger partial charge in [-0.25, -0.2) is 0 Å². The van der Waals surface area contributed by atoms with Crippen molar-refractivity contribution in [3.8, 4) is 0 Å². The van der Waals surface area contributed by atoms with Crippen LogP contribution in [0.3, 0.4) is 0 Å². The molecular formula is C38H62N2O7. The Bertz CT molecular complexity index is 1270. The fourth-order valence-electron chi connectivity index (χ4n) is 11.7. The van der Waals surface area contributed by atoms with Crippen LogP contribution in [0.25, 0.3) is 0 Å². The zero-order chi connectivity index (χ0) is 34.7. The van der Waals surface area contributed by atoms with E-state index in [1.165, 1.54) is 6.92 Å². The minimum atomic E-state index is -1.05. The summed E-state index contributed by atoms with van der Waals surface area (Å²) in [6.45, 7) is 21.4. The van der Waals surface area contributed by atoms with Crippen LogP contribution < -0.4 is 11.1 Å². The number of allylic oxidation sites excluding steroid dienone is 1. The van der Waals surface area contributed by atoms with Crippen molar-refractivity contribution < 1.29 is 33.7 Å². The van der Waals surface area contributed by atoms with Crippen LogP contribution >= 0.6 is 0 Å². The largest absolute Gasteiger partial charge is 0.481 e. The molecule has 0 aromatic carbocycles. The lowest BCUT2D eigenvalue weighted by atomic mass is 9.34. The number of carbonyl (C=O) groups is 3. The average molecular weight is 659 g/mol. The van der Waals surface area contributed by atoms with Crippen LogP contribution in [-0.4, -0.2) is 74.0 Å². The maximum Gasteiger partial charge on any atom is 0.308 e. The molecule has 266 valence electrons. The Morgan fingerprint density at radius 1 is 1.11 bits per heavy atom. The molecule has 0 aromatic rings. The van der Waals surface area contributed by atoms with E-state index in [1.54, 1.807) is 0 Å². The summed E-state index contributed by atoms with van der Waals surface area (Å²) < 4.78 is 19.3. The highest BCUT2D eigenvalue weighted by molar-refractivity contribution is 6.00. The third-order valence-electron chi connectivity index (χ3n) is 14.7. The first-order chi connectivity index (χ1) is 21.9. The maximum absolute atomic E-state index is 14.8. The highest BCUT2D eigenvalue weighted by atomic mass is 16.6. The van der Waals surface area contributed by atoms with Gasteiger partial charge in [0.05, 0.1) is 25.7 Å². The molecule has 2 bridgehead atoms. The number of esters is 1. The van der Waals surface area contributed by atoms with Crippen molar-refractivity contribution in [2.75, 3.05) is 32.9 Å². The molecule has 4 N–H and O–H groups in total. The van der Waals surface area contributed by atoms with Crippen molar-refractivity contribution in [2.24, 2.45) is 62.4 Å². The van der Waals surface area contributed by atoms with Gasteiger partial charge in [0.15, 0.2) is 5.78 Å². The summed E-state index contributed by atoms with van der Waals surface area (Å²) in [6.07, 6.45) is 5.79. The van der Waals surface area contributed by atoms with E-state index in [9.17, 15) is 19.5 Å². The molecule has 1 aliphatic heterocycles. The fraction of sp³-hybridized carbons (Fsp3) is 0.868. The molecule has 4 aliphatic carbocycles. The number of ketones is 1. The van der Waals surface area contributed by atoms with Gasteiger partial charge in [0.2, 0.25) is 0 Å². The van der Waals surface area contributed by atoms with Crippen molar-refractivity contribution in [1.82, 2.24) is 5.32 Å². The normalized spacial score (nSPS) is 44.0. The number of carbonyl (C=O) groups excluding carboxylic acids is 2. The van der Waals surface area contributed by atoms with E-state index in [-0.39, 0.29) is 41.7 Å². The van der Waals surface area contributed by atoms with Gasteiger partial charge in [-0.1, -0.05) is 54.0 Å². The van der Waals surface area contributed by atoms with E-state index < -0.39 is 45.1 Å². The number of hydrogen-bond donors (Lipinski definition) is 3. The highest BCUT2D eigenvalue weighted by Crippen LogP contribution is 2.74. The monoisotopic (exact) mass is 658 g/mol. The molecule has 0 radical (unpaired) electrons. The number of fused-ring (bicyclic) bond motifs is 3. The highest BCUT2D eigenvalue weighted by Gasteiger charge is 2.74. The Balaban J connectivity index is 1.56. The van der Waals surface area contributed by atoms with Crippen LogP contribution in [0.1, 0.15) is 101 Å².